The predicted octanol–water partition coefficient (Wildman–Crippen LogP) is 0.742. The van der Waals surface area contributed by atoms with Gasteiger partial charge in [-0.1, -0.05) is 6.07 Å². The molecule has 0 aromatic carbocycles. The van der Waals surface area contributed by atoms with E-state index in [-0.39, 0.29) is 24.8 Å². The molecule has 138 valence electrons. The molecule has 26 heavy (non-hydrogen) atoms. The van der Waals surface area contributed by atoms with Gasteiger partial charge in [0.25, 0.3) is 0 Å². The maximum Gasteiger partial charge on any atom is 0.356 e. The Balaban J connectivity index is 1.45. The van der Waals surface area contributed by atoms with Gasteiger partial charge in [0.1, 0.15) is 11.5 Å². The van der Waals surface area contributed by atoms with E-state index in [2.05, 4.69) is 30.3 Å². The molecule has 0 spiro atoms. The second kappa shape index (κ2) is 8.43. The molecule has 1 fully saturated rings. The number of piperazine rings is 1. The second-order valence-electron chi connectivity index (χ2n) is 5.89. The number of ether oxygens (including phenoxy) is 1. The number of aromatic nitrogens is 3. The third-order valence-corrected chi connectivity index (χ3v) is 4.05. The van der Waals surface area contributed by atoms with Crippen molar-refractivity contribution in [1.29, 1.82) is 0 Å². The molecule has 0 saturated carbocycles. The minimum absolute atomic E-state index is 0.168. The molecule has 1 amide bonds. The molecule has 0 bridgehead atoms. The van der Waals surface area contributed by atoms with Crippen LogP contribution in [0.4, 0.5) is 11.6 Å². The highest BCUT2D eigenvalue weighted by Gasteiger charge is 2.20. The van der Waals surface area contributed by atoms with E-state index < -0.39 is 5.97 Å². The second-order valence-corrected chi connectivity index (χ2v) is 5.89. The summed E-state index contributed by atoms with van der Waals surface area (Å²) in [6.45, 7) is 5.48. The fourth-order valence-corrected chi connectivity index (χ4v) is 2.76. The predicted molar refractivity (Wildman–Crippen MR) is 96.1 cm³/mol. The van der Waals surface area contributed by atoms with Gasteiger partial charge in [-0.3, -0.25) is 14.8 Å². The van der Waals surface area contributed by atoms with E-state index in [0.29, 0.717) is 5.82 Å². The first-order valence-electron chi connectivity index (χ1n) is 8.56. The number of aromatic amines is 1. The minimum atomic E-state index is -0.494. The number of carbonyl (C=O) groups is 2. The van der Waals surface area contributed by atoms with Crippen molar-refractivity contribution < 1.29 is 14.3 Å². The number of carbonyl (C=O) groups excluding carboxylic acids is 2. The van der Waals surface area contributed by atoms with Crippen LogP contribution in [0.25, 0.3) is 0 Å². The van der Waals surface area contributed by atoms with E-state index in [1.807, 2.05) is 18.2 Å². The normalized spacial score (nSPS) is 14.9. The number of anilines is 2. The lowest BCUT2D eigenvalue weighted by Crippen LogP contribution is -2.48. The summed E-state index contributed by atoms with van der Waals surface area (Å²) in [5.74, 6) is 0.606. The van der Waals surface area contributed by atoms with Crippen LogP contribution in [-0.2, 0) is 9.53 Å². The Labute approximate surface area is 151 Å². The number of amides is 1. The van der Waals surface area contributed by atoms with Gasteiger partial charge in [-0.05, 0) is 19.1 Å². The lowest BCUT2D eigenvalue weighted by atomic mass is 10.3. The molecule has 3 heterocycles. The molecule has 1 aliphatic heterocycles. The summed E-state index contributed by atoms with van der Waals surface area (Å²) in [6, 6.07) is 7.32. The molecule has 0 aliphatic carbocycles. The smallest absolute Gasteiger partial charge is 0.356 e. The van der Waals surface area contributed by atoms with Crippen LogP contribution in [0.3, 0.4) is 0 Å². The van der Waals surface area contributed by atoms with Crippen LogP contribution in [-0.4, -0.2) is 71.3 Å². The van der Waals surface area contributed by atoms with Gasteiger partial charge in [0, 0.05) is 38.4 Å². The molecule has 9 heteroatoms. The highest BCUT2D eigenvalue weighted by molar-refractivity contribution is 5.93. The highest BCUT2D eigenvalue weighted by atomic mass is 16.5. The Kier molecular flexibility index (Phi) is 5.80. The van der Waals surface area contributed by atoms with Gasteiger partial charge in [0.2, 0.25) is 5.91 Å². The Hall–Kier alpha value is -2.94. The largest absolute Gasteiger partial charge is 0.461 e. The molecule has 2 aromatic heterocycles. The topological polar surface area (TPSA) is 103 Å². The van der Waals surface area contributed by atoms with Crippen molar-refractivity contribution in [3.8, 4) is 0 Å². The van der Waals surface area contributed by atoms with E-state index >= 15 is 0 Å². The average Bonchev–Trinajstić information content (AvgIpc) is 3.12. The summed E-state index contributed by atoms with van der Waals surface area (Å²) in [5.41, 5.74) is 0.214. The molecule has 1 saturated heterocycles. The average molecular weight is 358 g/mol. The van der Waals surface area contributed by atoms with Crippen molar-refractivity contribution in [2.24, 2.45) is 0 Å². The summed E-state index contributed by atoms with van der Waals surface area (Å²) in [7, 11) is 0. The number of H-pyrrole nitrogens is 1. The summed E-state index contributed by atoms with van der Waals surface area (Å²) in [5, 5.41) is 9.16. The standard InChI is InChI=1S/C17H22N6O3/c1-2-26-17(25)13-11-14(21-20-13)19-16(24)12-22-7-9-23(10-8-22)15-5-3-4-6-18-15/h3-6,11H,2,7-10,12H2,1H3,(H2,19,20,21,24). The van der Waals surface area contributed by atoms with Crippen LogP contribution in [0.2, 0.25) is 0 Å². The fourth-order valence-electron chi connectivity index (χ4n) is 2.76. The Morgan fingerprint density at radius 3 is 2.77 bits per heavy atom. The van der Waals surface area contributed by atoms with E-state index in [9.17, 15) is 9.59 Å². The first-order chi connectivity index (χ1) is 12.7. The van der Waals surface area contributed by atoms with E-state index in [0.717, 1.165) is 32.0 Å². The molecule has 0 unspecified atom stereocenters. The molecule has 2 aromatic rings. The molecular weight excluding hydrogens is 336 g/mol. The van der Waals surface area contributed by atoms with Gasteiger partial charge in [0.05, 0.1) is 13.2 Å². The van der Waals surface area contributed by atoms with Crippen molar-refractivity contribution in [1.82, 2.24) is 20.1 Å². The first-order valence-corrected chi connectivity index (χ1v) is 8.56. The molecule has 0 radical (unpaired) electrons. The SMILES string of the molecule is CCOC(=O)c1cc(NC(=O)CN2CCN(c3ccccn3)CC2)n[nH]1. The summed E-state index contributed by atoms with van der Waals surface area (Å²) < 4.78 is 4.87. The van der Waals surface area contributed by atoms with E-state index in [1.165, 1.54) is 6.07 Å². The zero-order valence-corrected chi connectivity index (χ0v) is 14.6. The van der Waals surface area contributed by atoms with Gasteiger partial charge in [-0.15, -0.1) is 0 Å². The maximum absolute atomic E-state index is 12.2. The molecule has 3 rings (SSSR count). The molecule has 0 atom stereocenters. The zero-order valence-electron chi connectivity index (χ0n) is 14.6. The van der Waals surface area contributed by atoms with Crippen molar-refractivity contribution >= 4 is 23.5 Å². The van der Waals surface area contributed by atoms with Crippen LogP contribution in [0.5, 0.6) is 0 Å². The van der Waals surface area contributed by atoms with Crippen molar-refractivity contribution in [2.45, 2.75) is 6.92 Å². The zero-order chi connectivity index (χ0) is 18.4. The van der Waals surface area contributed by atoms with Gasteiger partial charge in [0.15, 0.2) is 5.82 Å². The number of nitrogens with zero attached hydrogens (tertiary/aromatic N) is 4. The lowest BCUT2D eigenvalue weighted by Gasteiger charge is -2.34. The quantitative estimate of drug-likeness (QED) is 0.734. The van der Waals surface area contributed by atoms with Gasteiger partial charge in [-0.25, -0.2) is 9.78 Å². The highest BCUT2D eigenvalue weighted by Crippen LogP contribution is 2.12. The molecule has 9 nitrogen and oxygen atoms in total. The van der Waals surface area contributed by atoms with Gasteiger partial charge in [-0.2, -0.15) is 5.10 Å². The lowest BCUT2D eigenvalue weighted by molar-refractivity contribution is -0.117. The van der Waals surface area contributed by atoms with Crippen LogP contribution >= 0.6 is 0 Å². The molecular formula is C17H22N6O3. The van der Waals surface area contributed by atoms with Crippen molar-refractivity contribution in [2.75, 3.05) is 49.5 Å². The number of nitrogens with one attached hydrogen (secondary N) is 2. The third kappa shape index (κ3) is 4.57. The monoisotopic (exact) mass is 358 g/mol. The van der Waals surface area contributed by atoms with E-state index in [4.69, 9.17) is 4.74 Å². The van der Waals surface area contributed by atoms with Gasteiger partial charge < -0.3 is 15.0 Å². The first kappa shape index (κ1) is 17.9. The van der Waals surface area contributed by atoms with Crippen molar-refractivity contribution in [3.05, 3.63) is 36.2 Å². The molecule has 1 aliphatic rings. The van der Waals surface area contributed by atoms with Crippen LogP contribution < -0.4 is 10.2 Å². The number of rotatable bonds is 6. The summed E-state index contributed by atoms with van der Waals surface area (Å²) in [4.78, 5) is 32.4. The summed E-state index contributed by atoms with van der Waals surface area (Å²) in [6.07, 6.45) is 1.78. The Morgan fingerprint density at radius 1 is 1.27 bits per heavy atom. The third-order valence-electron chi connectivity index (χ3n) is 4.05. The number of pyridine rings is 1. The maximum atomic E-state index is 12.2. The number of esters is 1. The van der Waals surface area contributed by atoms with Crippen LogP contribution in [0.15, 0.2) is 30.5 Å². The fraction of sp³-hybridized carbons (Fsp3) is 0.412. The Bertz CT molecular complexity index is 740. The summed E-state index contributed by atoms with van der Waals surface area (Å²) >= 11 is 0. The van der Waals surface area contributed by atoms with Gasteiger partial charge >= 0.3 is 5.97 Å². The van der Waals surface area contributed by atoms with E-state index in [1.54, 1.807) is 13.1 Å². The van der Waals surface area contributed by atoms with Crippen LogP contribution in [0, 0.1) is 0 Å². The number of hydrogen-bond acceptors (Lipinski definition) is 7. The van der Waals surface area contributed by atoms with Crippen molar-refractivity contribution in [3.63, 3.8) is 0 Å². The number of hydrogen-bond donors (Lipinski definition) is 2. The minimum Gasteiger partial charge on any atom is -0.461 e. The van der Waals surface area contributed by atoms with Crippen LogP contribution in [0.1, 0.15) is 17.4 Å². The molecule has 2 N–H and O–H groups in total. The Morgan fingerprint density at radius 2 is 2.08 bits per heavy atom.